The van der Waals surface area contributed by atoms with Gasteiger partial charge in [0.15, 0.2) is 0 Å². The van der Waals surface area contributed by atoms with Crippen LogP contribution >= 0.6 is 0 Å². The van der Waals surface area contributed by atoms with Crippen molar-refractivity contribution in [1.82, 2.24) is 0 Å². The maximum atomic E-state index is 6.40. The molecule has 1 saturated carbocycles. The normalized spacial score (nSPS) is 40.4. The molecule has 1 aliphatic heterocycles. The van der Waals surface area contributed by atoms with E-state index in [9.17, 15) is 0 Å². The van der Waals surface area contributed by atoms with Crippen LogP contribution < -0.4 is 5.73 Å². The van der Waals surface area contributed by atoms with E-state index < -0.39 is 0 Å². The summed E-state index contributed by atoms with van der Waals surface area (Å²) in [6, 6.07) is 0.407. The van der Waals surface area contributed by atoms with Gasteiger partial charge in [-0.25, -0.2) is 0 Å². The molecule has 17 heavy (non-hydrogen) atoms. The van der Waals surface area contributed by atoms with Crippen molar-refractivity contribution in [3.05, 3.63) is 0 Å². The van der Waals surface area contributed by atoms with Crippen LogP contribution in [-0.4, -0.2) is 18.8 Å². The summed E-state index contributed by atoms with van der Waals surface area (Å²) >= 11 is 0. The van der Waals surface area contributed by atoms with Crippen molar-refractivity contribution in [2.45, 2.75) is 70.9 Å². The Morgan fingerprint density at radius 1 is 1.18 bits per heavy atom. The van der Waals surface area contributed by atoms with Crippen LogP contribution in [0, 0.1) is 17.8 Å². The van der Waals surface area contributed by atoms with E-state index in [1.54, 1.807) is 0 Å². The van der Waals surface area contributed by atoms with Gasteiger partial charge in [-0.15, -0.1) is 0 Å². The zero-order chi connectivity index (χ0) is 12.3. The number of ether oxygens (including phenoxy) is 1. The van der Waals surface area contributed by atoms with Crippen LogP contribution in [0.15, 0.2) is 0 Å². The van der Waals surface area contributed by atoms with E-state index in [0.29, 0.717) is 12.1 Å². The fourth-order valence-electron chi connectivity index (χ4n) is 3.84. The van der Waals surface area contributed by atoms with E-state index in [1.807, 2.05) is 0 Å². The van der Waals surface area contributed by atoms with Crippen molar-refractivity contribution in [3.8, 4) is 0 Å². The van der Waals surface area contributed by atoms with E-state index in [1.165, 1.54) is 38.5 Å². The van der Waals surface area contributed by atoms with Crippen LogP contribution in [0.1, 0.15) is 58.8 Å². The zero-order valence-corrected chi connectivity index (χ0v) is 11.5. The quantitative estimate of drug-likeness (QED) is 0.816. The molecule has 2 nitrogen and oxygen atoms in total. The van der Waals surface area contributed by atoms with Gasteiger partial charge in [0.05, 0.1) is 6.10 Å². The van der Waals surface area contributed by atoms with E-state index in [0.717, 1.165) is 30.8 Å². The molecule has 0 aromatic rings. The van der Waals surface area contributed by atoms with Crippen molar-refractivity contribution in [2.24, 2.45) is 23.5 Å². The van der Waals surface area contributed by atoms with Gasteiger partial charge in [-0.05, 0) is 62.7 Å². The molecule has 2 fully saturated rings. The predicted molar refractivity (Wildman–Crippen MR) is 71.9 cm³/mol. The molecule has 1 aliphatic carbocycles. The number of rotatable bonds is 4. The Morgan fingerprint density at radius 2 is 1.88 bits per heavy atom. The van der Waals surface area contributed by atoms with E-state index in [4.69, 9.17) is 10.5 Å². The molecule has 0 amide bonds. The topological polar surface area (TPSA) is 35.2 Å². The molecular formula is C15H29NO. The second kappa shape index (κ2) is 6.19. The van der Waals surface area contributed by atoms with Crippen LogP contribution in [-0.2, 0) is 4.74 Å². The standard InChI is InChI=1S/C15H29NO/c1-11-8-12(2)10-13(9-11)15(16)6-5-14-4-3-7-17-14/h11-15H,3-10,16H2,1-2H3. The van der Waals surface area contributed by atoms with Gasteiger partial charge in [-0.3, -0.25) is 0 Å². The van der Waals surface area contributed by atoms with Gasteiger partial charge in [-0.1, -0.05) is 13.8 Å². The van der Waals surface area contributed by atoms with Gasteiger partial charge >= 0.3 is 0 Å². The molecule has 0 spiro atoms. The van der Waals surface area contributed by atoms with Crippen molar-refractivity contribution in [1.29, 1.82) is 0 Å². The smallest absolute Gasteiger partial charge is 0.0576 e. The van der Waals surface area contributed by atoms with Crippen molar-refractivity contribution < 1.29 is 4.74 Å². The van der Waals surface area contributed by atoms with Crippen LogP contribution in [0.4, 0.5) is 0 Å². The van der Waals surface area contributed by atoms with Gasteiger partial charge < -0.3 is 10.5 Å². The predicted octanol–water partition coefficient (Wildman–Crippen LogP) is 3.35. The first-order chi connectivity index (χ1) is 8.15. The van der Waals surface area contributed by atoms with E-state index in [2.05, 4.69) is 13.8 Å². The lowest BCUT2D eigenvalue weighted by molar-refractivity contribution is 0.0953. The fourth-order valence-corrected chi connectivity index (χ4v) is 3.84. The van der Waals surface area contributed by atoms with Gasteiger partial charge in [0.25, 0.3) is 0 Å². The third kappa shape index (κ3) is 3.96. The number of nitrogens with two attached hydrogens (primary N) is 1. The summed E-state index contributed by atoms with van der Waals surface area (Å²) in [7, 11) is 0. The fraction of sp³-hybridized carbons (Fsp3) is 1.00. The maximum absolute atomic E-state index is 6.40. The summed E-state index contributed by atoms with van der Waals surface area (Å²) in [5, 5.41) is 0. The second-order valence-electron chi connectivity index (χ2n) is 6.55. The molecule has 2 aliphatic rings. The van der Waals surface area contributed by atoms with Gasteiger partial charge in [0.1, 0.15) is 0 Å². The third-order valence-corrected chi connectivity index (χ3v) is 4.67. The summed E-state index contributed by atoms with van der Waals surface area (Å²) < 4.78 is 5.68. The summed E-state index contributed by atoms with van der Waals surface area (Å²) in [6.07, 6.45) is 9.44. The minimum atomic E-state index is 0.407. The van der Waals surface area contributed by atoms with Crippen molar-refractivity contribution in [3.63, 3.8) is 0 Å². The van der Waals surface area contributed by atoms with Gasteiger partial charge in [0, 0.05) is 12.6 Å². The van der Waals surface area contributed by atoms with Crippen molar-refractivity contribution >= 4 is 0 Å². The average Bonchev–Trinajstić information content (AvgIpc) is 2.77. The molecule has 2 heteroatoms. The highest BCUT2D eigenvalue weighted by atomic mass is 16.5. The SMILES string of the molecule is CC1CC(C)CC(C(N)CCC2CCCO2)C1. The second-order valence-corrected chi connectivity index (χ2v) is 6.55. The first kappa shape index (κ1) is 13.4. The molecule has 2 rings (SSSR count). The molecule has 0 aromatic heterocycles. The molecular weight excluding hydrogens is 210 g/mol. The Labute approximate surface area is 106 Å². The molecule has 0 radical (unpaired) electrons. The Hall–Kier alpha value is -0.0800. The van der Waals surface area contributed by atoms with Crippen LogP contribution in [0.3, 0.4) is 0 Å². The van der Waals surface area contributed by atoms with Crippen molar-refractivity contribution in [2.75, 3.05) is 6.61 Å². The largest absolute Gasteiger partial charge is 0.378 e. The first-order valence-corrected chi connectivity index (χ1v) is 7.52. The van der Waals surface area contributed by atoms with E-state index in [-0.39, 0.29) is 0 Å². The van der Waals surface area contributed by atoms with Crippen LogP contribution in [0.25, 0.3) is 0 Å². The Morgan fingerprint density at radius 3 is 2.47 bits per heavy atom. The highest BCUT2D eigenvalue weighted by Crippen LogP contribution is 2.35. The number of hydrogen-bond acceptors (Lipinski definition) is 2. The van der Waals surface area contributed by atoms with Crippen LogP contribution in [0.5, 0.6) is 0 Å². The highest BCUT2D eigenvalue weighted by Gasteiger charge is 2.28. The first-order valence-electron chi connectivity index (χ1n) is 7.52. The summed E-state index contributed by atoms with van der Waals surface area (Å²) in [5.41, 5.74) is 6.40. The lowest BCUT2D eigenvalue weighted by atomic mass is 9.73. The lowest BCUT2D eigenvalue weighted by Crippen LogP contribution is -2.36. The zero-order valence-electron chi connectivity index (χ0n) is 11.5. The molecule has 1 saturated heterocycles. The molecule has 0 aromatic carbocycles. The third-order valence-electron chi connectivity index (χ3n) is 4.67. The minimum absolute atomic E-state index is 0.407. The van der Waals surface area contributed by atoms with Gasteiger partial charge in [-0.2, -0.15) is 0 Å². The molecule has 100 valence electrons. The van der Waals surface area contributed by atoms with E-state index >= 15 is 0 Å². The summed E-state index contributed by atoms with van der Waals surface area (Å²) in [6.45, 7) is 5.74. The summed E-state index contributed by atoms with van der Waals surface area (Å²) in [4.78, 5) is 0. The van der Waals surface area contributed by atoms with Gasteiger partial charge in [0.2, 0.25) is 0 Å². The Balaban J connectivity index is 1.72. The van der Waals surface area contributed by atoms with Crippen LogP contribution in [0.2, 0.25) is 0 Å². The Kier molecular flexibility index (Phi) is 4.87. The maximum Gasteiger partial charge on any atom is 0.0576 e. The lowest BCUT2D eigenvalue weighted by Gasteiger charge is -2.35. The highest BCUT2D eigenvalue weighted by molar-refractivity contribution is 4.82. The summed E-state index contributed by atoms with van der Waals surface area (Å²) in [5.74, 6) is 2.50. The average molecular weight is 239 g/mol. The molecule has 1 heterocycles. The number of hydrogen-bond donors (Lipinski definition) is 1. The molecule has 4 unspecified atom stereocenters. The molecule has 2 N–H and O–H groups in total. The molecule has 0 bridgehead atoms. The monoisotopic (exact) mass is 239 g/mol. The minimum Gasteiger partial charge on any atom is -0.378 e. The Bertz CT molecular complexity index is 215. The molecule has 4 atom stereocenters.